The van der Waals surface area contributed by atoms with E-state index in [4.69, 9.17) is 0 Å². The molecule has 2 aromatic rings. The van der Waals surface area contributed by atoms with Crippen molar-refractivity contribution in [3.63, 3.8) is 0 Å². The number of hydrogen-bond acceptors (Lipinski definition) is 2. The van der Waals surface area contributed by atoms with Crippen molar-refractivity contribution >= 4 is 0 Å². The molecule has 0 saturated carbocycles. The van der Waals surface area contributed by atoms with E-state index in [0.29, 0.717) is 0 Å². The Labute approximate surface area is 90.6 Å². The van der Waals surface area contributed by atoms with E-state index in [0.717, 1.165) is 17.1 Å². The fourth-order valence-corrected chi connectivity index (χ4v) is 1.09. The molecule has 15 heavy (non-hydrogen) atoms. The number of imidazole rings is 1. The monoisotopic (exact) mass is 203 g/mol. The predicted molar refractivity (Wildman–Crippen MR) is 62.5 cm³/mol. The van der Waals surface area contributed by atoms with Crippen LogP contribution in [0.3, 0.4) is 0 Å². The fourth-order valence-electron chi connectivity index (χ4n) is 1.09. The zero-order valence-electron chi connectivity index (χ0n) is 9.49. The van der Waals surface area contributed by atoms with E-state index < -0.39 is 0 Å². The van der Waals surface area contributed by atoms with Crippen LogP contribution in [0.2, 0.25) is 0 Å². The van der Waals surface area contributed by atoms with Crippen LogP contribution in [0.5, 0.6) is 0 Å². The number of nitrogens with one attached hydrogen (secondary N) is 1. The molecule has 0 atom stereocenters. The first-order valence-corrected chi connectivity index (χ1v) is 5.20. The molecule has 0 saturated heterocycles. The zero-order chi connectivity index (χ0) is 11.1. The van der Waals surface area contributed by atoms with Crippen molar-refractivity contribution in [1.29, 1.82) is 0 Å². The van der Waals surface area contributed by atoms with Gasteiger partial charge in [-0.15, -0.1) is 0 Å². The van der Waals surface area contributed by atoms with Gasteiger partial charge in [0.05, 0.1) is 11.9 Å². The molecule has 0 amide bonds. The largest absolute Gasteiger partial charge is 0.342 e. The Balaban J connectivity index is 0.000000337. The van der Waals surface area contributed by atoms with Crippen molar-refractivity contribution in [2.24, 2.45) is 0 Å². The molecule has 0 radical (unpaired) electrons. The highest BCUT2D eigenvalue weighted by Crippen LogP contribution is 2.13. The Morgan fingerprint density at radius 3 is 2.47 bits per heavy atom. The van der Waals surface area contributed by atoms with Crippen LogP contribution in [0.25, 0.3) is 11.3 Å². The van der Waals surface area contributed by atoms with Crippen molar-refractivity contribution in [3.8, 4) is 11.3 Å². The summed E-state index contributed by atoms with van der Waals surface area (Å²) in [5, 5.41) is 0. The van der Waals surface area contributed by atoms with Crippen molar-refractivity contribution in [3.05, 3.63) is 36.5 Å². The third-order valence-corrected chi connectivity index (χ3v) is 1.68. The average molecular weight is 203 g/mol. The Morgan fingerprint density at radius 2 is 2.00 bits per heavy atom. The third-order valence-electron chi connectivity index (χ3n) is 1.68. The maximum atomic E-state index is 4.11. The standard InChI is InChI=1S/C9H9N3.C3H8/c1-7-11-6-9(12-7)8-3-2-4-10-5-8;1-3-2/h2-6H,1H3,(H,11,12);3H2,1-2H3. The Morgan fingerprint density at radius 1 is 1.27 bits per heavy atom. The van der Waals surface area contributed by atoms with E-state index in [9.17, 15) is 0 Å². The van der Waals surface area contributed by atoms with E-state index in [2.05, 4.69) is 28.8 Å². The molecule has 0 aliphatic rings. The van der Waals surface area contributed by atoms with Crippen LogP contribution < -0.4 is 0 Å². The van der Waals surface area contributed by atoms with Gasteiger partial charge in [-0.1, -0.05) is 20.3 Å². The van der Waals surface area contributed by atoms with E-state index in [1.54, 1.807) is 6.20 Å². The van der Waals surface area contributed by atoms with Crippen molar-refractivity contribution in [2.75, 3.05) is 0 Å². The number of pyridine rings is 1. The quantitative estimate of drug-likeness (QED) is 0.773. The number of nitrogens with zero attached hydrogens (tertiary/aromatic N) is 2. The summed E-state index contributed by atoms with van der Waals surface area (Å²) in [5.74, 6) is 0.925. The molecule has 3 heteroatoms. The minimum atomic E-state index is 0.925. The first-order chi connectivity index (χ1) is 7.27. The van der Waals surface area contributed by atoms with Crippen LogP contribution in [0.15, 0.2) is 30.7 Å². The van der Waals surface area contributed by atoms with Gasteiger partial charge in [0.2, 0.25) is 0 Å². The molecule has 80 valence electrons. The number of aryl methyl sites for hydroxylation is 1. The molecule has 2 heterocycles. The van der Waals surface area contributed by atoms with Crippen molar-refractivity contribution in [2.45, 2.75) is 27.2 Å². The lowest BCUT2D eigenvalue weighted by atomic mass is 10.2. The van der Waals surface area contributed by atoms with Crippen LogP contribution >= 0.6 is 0 Å². The Bertz CT molecular complexity index is 379. The van der Waals surface area contributed by atoms with Crippen molar-refractivity contribution < 1.29 is 0 Å². The summed E-state index contributed by atoms with van der Waals surface area (Å²) in [6.45, 7) is 6.18. The molecule has 2 aromatic heterocycles. The fraction of sp³-hybridized carbons (Fsp3) is 0.333. The summed E-state index contributed by atoms with van der Waals surface area (Å²) < 4.78 is 0. The number of H-pyrrole nitrogens is 1. The molecule has 0 fully saturated rings. The molecular weight excluding hydrogens is 186 g/mol. The van der Waals surface area contributed by atoms with E-state index >= 15 is 0 Å². The number of hydrogen-bond donors (Lipinski definition) is 1. The van der Waals surface area contributed by atoms with Gasteiger partial charge in [0.15, 0.2) is 0 Å². The normalized spacial score (nSPS) is 9.27. The Kier molecular flexibility index (Phi) is 4.54. The van der Waals surface area contributed by atoms with E-state index in [1.807, 2.05) is 31.5 Å². The van der Waals surface area contributed by atoms with Gasteiger partial charge in [-0.05, 0) is 19.1 Å². The minimum Gasteiger partial charge on any atom is -0.342 e. The summed E-state index contributed by atoms with van der Waals surface area (Å²) >= 11 is 0. The maximum Gasteiger partial charge on any atom is 0.103 e. The lowest BCUT2D eigenvalue weighted by Gasteiger charge is -1.93. The van der Waals surface area contributed by atoms with Crippen LogP contribution in [0, 0.1) is 6.92 Å². The molecule has 0 aromatic carbocycles. The van der Waals surface area contributed by atoms with Crippen molar-refractivity contribution in [1.82, 2.24) is 15.0 Å². The first kappa shape index (κ1) is 11.4. The summed E-state index contributed by atoms with van der Waals surface area (Å²) in [5.41, 5.74) is 2.08. The molecule has 0 aliphatic heterocycles. The highest BCUT2D eigenvalue weighted by molar-refractivity contribution is 5.56. The molecule has 2 rings (SSSR count). The molecule has 0 aliphatic carbocycles. The topological polar surface area (TPSA) is 41.6 Å². The number of rotatable bonds is 1. The van der Waals surface area contributed by atoms with E-state index in [-0.39, 0.29) is 0 Å². The van der Waals surface area contributed by atoms with Gasteiger partial charge >= 0.3 is 0 Å². The van der Waals surface area contributed by atoms with Gasteiger partial charge in [-0.3, -0.25) is 4.98 Å². The predicted octanol–water partition coefficient (Wildman–Crippen LogP) is 3.20. The van der Waals surface area contributed by atoms with Crippen LogP contribution in [-0.2, 0) is 0 Å². The number of aromatic amines is 1. The summed E-state index contributed by atoms with van der Waals surface area (Å²) in [4.78, 5) is 11.3. The van der Waals surface area contributed by atoms with Gasteiger partial charge in [-0.2, -0.15) is 0 Å². The SMILES string of the molecule is CCC.Cc1ncc(-c2cccnc2)[nH]1. The van der Waals surface area contributed by atoms with Gasteiger partial charge < -0.3 is 4.98 Å². The third kappa shape index (κ3) is 3.54. The molecule has 0 unspecified atom stereocenters. The average Bonchev–Trinajstić information content (AvgIpc) is 2.67. The summed E-state index contributed by atoms with van der Waals surface area (Å²) in [6, 6.07) is 3.91. The molecule has 1 N–H and O–H groups in total. The zero-order valence-corrected chi connectivity index (χ0v) is 9.49. The smallest absolute Gasteiger partial charge is 0.103 e. The van der Waals surface area contributed by atoms with Gasteiger partial charge in [0.1, 0.15) is 5.82 Å². The molecule has 0 spiro atoms. The van der Waals surface area contributed by atoms with E-state index in [1.165, 1.54) is 6.42 Å². The highest BCUT2D eigenvalue weighted by atomic mass is 14.9. The molecule has 0 bridgehead atoms. The lowest BCUT2D eigenvalue weighted by molar-refractivity contribution is 1.09. The van der Waals surface area contributed by atoms with Crippen LogP contribution in [0.4, 0.5) is 0 Å². The minimum absolute atomic E-state index is 0.925. The summed E-state index contributed by atoms with van der Waals surface area (Å²) in [7, 11) is 0. The number of aromatic nitrogens is 3. The van der Waals surface area contributed by atoms with Gasteiger partial charge in [-0.25, -0.2) is 4.98 Å². The first-order valence-electron chi connectivity index (χ1n) is 5.20. The second-order valence-electron chi connectivity index (χ2n) is 3.33. The van der Waals surface area contributed by atoms with Gasteiger partial charge in [0.25, 0.3) is 0 Å². The molecular formula is C12H17N3. The maximum absolute atomic E-state index is 4.11. The Hall–Kier alpha value is -1.64. The van der Waals surface area contributed by atoms with Crippen LogP contribution in [-0.4, -0.2) is 15.0 Å². The summed E-state index contributed by atoms with van der Waals surface area (Å²) in [6.07, 6.45) is 6.63. The second kappa shape index (κ2) is 5.96. The molecule has 3 nitrogen and oxygen atoms in total. The second-order valence-corrected chi connectivity index (χ2v) is 3.33. The lowest BCUT2D eigenvalue weighted by Crippen LogP contribution is -1.78. The highest BCUT2D eigenvalue weighted by Gasteiger charge is 1.98. The van der Waals surface area contributed by atoms with Crippen LogP contribution in [0.1, 0.15) is 26.1 Å². The van der Waals surface area contributed by atoms with Gasteiger partial charge in [0, 0.05) is 18.0 Å².